The Morgan fingerprint density at radius 3 is 2.88 bits per heavy atom. The zero-order chi connectivity index (χ0) is 16.9. The number of aromatic amines is 1. The molecule has 1 aliphatic rings. The minimum absolute atomic E-state index is 0.103. The van der Waals surface area contributed by atoms with Gasteiger partial charge in [-0.3, -0.25) is 4.79 Å². The first-order chi connectivity index (χ1) is 11.7. The first-order valence-corrected chi connectivity index (χ1v) is 8.62. The summed E-state index contributed by atoms with van der Waals surface area (Å²) in [6.07, 6.45) is 8.67. The van der Waals surface area contributed by atoms with Crippen LogP contribution >= 0.6 is 0 Å². The molecular weight excluding hydrogens is 302 g/mol. The van der Waals surface area contributed by atoms with Crippen LogP contribution in [0.4, 0.5) is 5.69 Å². The van der Waals surface area contributed by atoms with Crippen LogP contribution in [0.1, 0.15) is 39.0 Å². The molecule has 2 aromatic rings. The van der Waals surface area contributed by atoms with Crippen LogP contribution in [-0.2, 0) is 9.53 Å². The number of benzene rings is 1. The van der Waals surface area contributed by atoms with Gasteiger partial charge in [-0.2, -0.15) is 0 Å². The highest BCUT2D eigenvalue weighted by Gasteiger charge is 2.27. The Labute approximate surface area is 142 Å². The average Bonchev–Trinajstić information content (AvgIpc) is 3.09. The number of hydrogen-bond acceptors (Lipinski definition) is 4. The summed E-state index contributed by atoms with van der Waals surface area (Å²) < 4.78 is 5.28. The van der Waals surface area contributed by atoms with Gasteiger partial charge in [0.05, 0.1) is 30.5 Å². The zero-order valence-corrected chi connectivity index (χ0v) is 14.3. The minimum atomic E-state index is 0.103. The molecule has 128 valence electrons. The van der Waals surface area contributed by atoms with Gasteiger partial charge in [0.15, 0.2) is 12.0 Å². The van der Waals surface area contributed by atoms with E-state index in [1.165, 1.54) is 32.1 Å². The summed E-state index contributed by atoms with van der Waals surface area (Å²) in [6.45, 7) is 1.99. The number of anilines is 1. The maximum Gasteiger partial charge on any atom is 0.184 e. The third-order valence-electron chi connectivity index (χ3n) is 5.05. The van der Waals surface area contributed by atoms with Crippen LogP contribution in [-0.4, -0.2) is 29.4 Å². The number of imidazole rings is 1. The number of aromatic nitrogens is 2. The van der Waals surface area contributed by atoms with Crippen LogP contribution in [0, 0.1) is 5.92 Å². The summed E-state index contributed by atoms with van der Waals surface area (Å²) in [7, 11) is 1.56. The highest BCUT2D eigenvalue weighted by atomic mass is 16.5. The highest BCUT2D eigenvalue weighted by molar-refractivity contribution is 5.79. The van der Waals surface area contributed by atoms with Crippen LogP contribution in [0.2, 0.25) is 0 Å². The van der Waals surface area contributed by atoms with Gasteiger partial charge in [-0.1, -0.05) is 19.3 Å². The molecule has 1 saturated carbocycles. The Balaban J connectivity index is 1.90. The monoisotopic (exact) mass is 327 g/mol. The number of hydrogen-bond donors (Lipinski definition) is 2. The van der Waals surface area contributed by atoms with E-state index in [4.69, 9.17) is 4.74 Å². The number of carbonyl (C=O) groups is 1. The van der Waals surface area contributed by atoms with Crippen molar-refractivity contribution < 1.29 is 9.53 Å². The van der Waals surface area contributed by atoms with Gasteiger partial charge >= 0.3 is 0 Å². The van der Waals surface area contributed by atoms with E-state index in [-0.39, 0.29) is 6.04 Å². The molecule has 5 nitrogen and oxygen atoms in total. The minimum Gasteiger partial charge on any atom is -0.493 e. The molecule has 1 aliphatic carbocycles. The number of methoxy groups -OCH3 is 1. The SMILES string of the molecule is CO/C(C=O)=C(\C)C(Nc1ccc2nc[nH]c2c1)C1CCCCC1. The predicted octanol–water partition coefficient (Wildman–Crippen LogP) is 4.04. The quantitative estimate of drug-likeness (QED) is 0.477. The summed E-state index contributed by atoms with van der Waals surface area (Å²) >= 11 is 0. The molecule has 0 radical (unpaired) electrons. The Hall–Kier alpha value is -2.30. The molecule has 3 rings (SSSR count). The van der Waals surface area contributed by atoms with Crippen LogP contribution in [0.3, 0.4) is 0 Å². The average molecular weight is 327 g/mol. The molecule has 1 aromatic carbocycles. The van der Waals surface area contributed by atoms with E-state index in [0.29, 0.717) is 11.7 Å². The summed E-state index contributed by atoms with van der Waals surface area (Å²) in [5.41, 5.74) is 3.96. The summed E-state index contributed by atoms with van der Waals surface area (Å²) in [4.78, 5) is 18.7. The molecule has 0 amide bonds. The molecule has 5 heteroatoms. The van der Waals surface area contributed by atoms with Crippen molar-refractivity contribution >= 4 is 23.0 Å². The van der Waals surface area contributed by atoms with Crippen molar-refractivity contribution in [2.24, 2.45) is 5.92 Å². The molecule has 0 bridgehead atoms. The molecule has 0 aliphatic heterocycles. The zero-order valence-electron chi connectivity index (χ0n) is 14.3. The second-order valence-corrected chi connectivity index (χ2v) is 6.52. The van der Waals surface area contributed by atoms with E-state index < -0.39 is 0 Å². The Morgan fingerprint density at radius 1 is 1.38 bits per heavy atom. The lowest BCUT2D eigenvalue weighted by molar-refractivity contribution is -0.107. The third-order valence-corrected chi connectivity index (χ3v) is 5.05. The fourth-order valence-electron chi connectivity index (χ4n) is 3.71. The van der Waals surface area contributed by atoms with Crippen LogP contribution in [0.25, 0.3) is 11.0 Å². The first kappa shape index (κ1) is 16.6. The number of nitrogens with one attached hydrogen (secondary N) is 2. The molecule has 1 aromatic heterocycles. The van der Waals surface area contributed by atoms with Crippen molar-refractivity contribution in [1.82, 2.24) is 9.97 Å². The lowest BCUT2D eigenvalue weighted by Gasteiger charge is -2.33. The second-order valence-electron chi connectivity index (χ2n) is 6.52. The summed E-state index contributed by atoms with van der Waals surface area (Å²) in [5, 5.41) is 3.64. The Morgan fingerprint density at radius 2 is 2.17 bits per heavy atom. The normalized spacial score (nSPS) is 18.1. The number of carbonyl (C=O) groups excluding carboxylic acids is 1. The van der Waals surface area contributed by atoms with Gasteiger partial charge in [-0.05, 0) is 49.5 Å². The number of nitrogens with zero attached hydrogens (tertiary/aromatic N) is 1. The van der Waals surface area contributed by atoms with Crippen molar-refractivity contribution in [3.8, 4) is 0 Å². The second kappa shape index (κ2) is 7.51. The van der Waals surface area contributed by atoms with Gasteiger partial charge in [0.2, 0.25) is 0 Å². The van der Waals surface area contributed by atoms with Crippen molar-refractivity contribution in [3.63, 3.8) is 0 Å². The van der Waals surface area contributed by atoms with E-state index in [2.05, 4.69) is 21.4 Å². The van der Waals surface area contributed by atoms with Crippen molar-refractivity contribution in [3.05, 3.63) is 35.9 Å². The lowest BCUT2D eigenvalue weighted by atomic mass is 9.81. The molecular formula is C19H25N3O2. The van der Waals surface area contributed by atoms with Crippen LogP contribution in [0.5, 0.6) is 0 Å². The number of H-pyrrole nitrogens is 1. The van der Waals surface area contributed by atoms with Gasteiger partial charge in [-0.15, -0.1) is 0 Å². The van der Waals surface area contributed by atoms with Crippen molar-refractivity contribution in [2.45, 2.75) is 45.1 Å². The van der Waals surface area contributed by atoms with E-state index in [9.17, 15) is 4.79 Å². The maximum absolute atomic E-state index is 11.3. The molecule has 1 atom stereocenters. The number of fused-ring (bicyclic) bond motifs is 1. The Bertz CT molecular complexity index is 729. The van der Waals surface area contributed by atoms with Gasteiger partial charge in [-0.25, -0.2) is 4.98 Å². The van der Waals surface area contributed by atoms with Gasteiger partial charge in [0.25, 0.3) is 0 Å². The van der Waals surface area contributed by atoms with Gasteiger partial charge < -0.3 is 15.0 Å². The predicted molar refractivity (Wildman–Crippen MR) is 95.9 cm³/mol. The summed E-state index contributed by atoms with van der Waals surface area (Å²) in [5.74, 6) is 0.946. The molecule has 1 unspecified atom stereocenters. The van der Waals surface area contributed by atoms with Gasteiger partial charge in [0.1, 0.15) is 0 Å². The highest BCUT2D eigenvalue weighted by Crippen LogP contribution is 2.32. The topological polar surface area (TPSA) is 67.0 Å². The standard InChI is InChI=1S/C19H25N3O2/c1-13(18(11-23)24-2)19(14-6-4-3-5-7-14)22-15-8-9-16-17(10-15)21-12-20-16/h8-12,14,19,22H,3-7H2,1-2H3,(H,20,21)/b18-13+. The van der Waals surface area contributed by atoms with Crippen molar-refractivity contribution in [1.29, 1.82) is 0 Å². The van der Waals surface area contributed by atoms with E-state index in [1.807, 2.05) is 19.1 Å². The molecule has 24 heavy (non-hydrogen) atoms. The third kappa shape index (κ3) is 3.45. The van der Waals surface area contributed by atoms with Crippen LogP contribution in [0.15, 0.2) is 35.9 Å². The fourth-order valence-corrected chi connectivity index (χ4v) is 3.71. The number of rotatable bonds is 6. The van der Waals surface area contributed by atoms with Gasteiger partial charge in [0, 0.05) is 5.69 Å². The van der Waals surface area contributed by atoms with Crippen LogP contribution < -0.4 is 5.32 Å². The molecule has 0 saturated heterocycles. The van der Waals surface area contributed by atoms with E-state index in [1.54, 1.807) is 13.4 Å². The maximum atomic E-state index is 11.3. The molecule has 1 fully saturated rings. The Kier molecular flexibility index (Phi) is 5.18. The lowest BCUT2D eigenvalue weighted by Crippen LogP contribution is -2.33. The molecule has 0 spiro atoms. The summed E-state index contributed by atoms with van der Waals surface area (Å²) in [6, 6.07) is 6.21. The number of allylic oxidation sites excluding steroid dienone is 1. The van der Waals surface area contributed by atoms with E-state index >= 15 is 0 Å². The van der Waals surface area contributed by atoms with E-state index in [0.717, 1.165) is 28.6 Å². The smallest absolute Gasteiger partial charge is 0.184 e. The molecule has 1 heterocycles. The largest absolute Gasteiger partial charge is 0.493 e. The first-order valence-electron chi connectivity index (χ1n) is 8.62. The van der Waals surface area contributed by atoms with Crippen molar-refractivity contribution in [2.75, 3.05) is 12.4 Å². The molecule has 2 N–H and O–H groups in total. The number of aldehydes is 1. The fraction of sp³-hybridized carbons (Fsp3) is 0.474. The number of ether oxygens (including phenoxy) is 1.